The van der Waals surface area contributed by atoms with Gasteiger partial charge in [0.1, 0.15) is 58.3 Å². The van der Waals surface area contributed by atoms with Gasteiger partial charge in [0, 0.05) is 22.3 Å². The number of alkyl halides is 5. The molecule has 0 amide bonds. The fraction of sp³-hybridized carbons (Fsp3) is 0.0526. The van der Waals surface area contributed by atoms with E-state index in [0.717, 1.165) is 6.07 Å². The SMILES string of the molecule is N#CC(C#N)=C1c2cc(-c3cccc(OC(F)F)c3)ccc2-c2nc3c(nc21)-c1ccc(-c2cccc(OC(F)(F)F)c2)cc1C3=C(C#N)C#N. The van der Waals surface area contributed by atoms with Crippen LogP contribution in [0, 0.1) is 45.3 Å². The molecular weight excluding hydrogens is 667 g/mol. The van der Waals surface area contributed by atoms with E-state index in [1.807, 2.05) is 24.3 Å². The number of nitriles is 4. The average Bonchev–Trinajstić information content (AvgIpc) is 3.59. The number of halogens is 5. The summed E-state index contributed by atoms with van der Waals surface area (Å²) in [4.78, 5) is 9.74. The molecule has 0 fully saturated rings. The Balaban J connectivity index is 1.41. The van der Waals surface area contributed by atoms with E-state index in [9.17, 15) is 43.0 Å². The van der Waals surface area contributed by atoms with E-state index in [4.69, 9.17) is 9.97 Å². The Hall–Kier alpha value is -7.35. The highest BCUT2D eigenvalue weighted by Gasteiger charge is 2.37. The number of nitrogens with zero attached hydrogens (tertiary/aromatic N) is 6. The summed E-state index contributed by atoms with van der Waals surface area (Å²) in [5, 5.41) is 39.9. The molecule has 0 aliphatic heterocycles. The second kappa shape index (κ2) is 12.3. The molecule has 0 saturated heterocycles. The summed E-state index contributed by atoms with van der Waals surface area (Å²) in [6, 6.07) is 28.9. The highest BCUT2D eigenvalue weighted by molar-refractivity contribution is 6.07. The highest BCUT2D eigenvalue weighted by atomic mass is 19.4. The minimum Gasteiger partial charge on any atom is -0.435 e. The van der Waals surface area contributed by atoms with Crippen LogP contribution in [0.15, 0.2) is 96.1 Å². The molecule has 0 spiro atoms. The number of hydrogen-bond donors (Lipinski definition) is 0. The standard InChI is InChI=1S/C38H15F5N6O2/c39-37(40)50-25-5-1-3-19(11-25)21-7-9-27-29(13-21)31(23(15-44)16-45)35-33(27)48-36-32(24(17-46)18-47)30-14-22(8-10-28(30)34(36)49-35)20-4-2-6-26(12-20)51-38(41,42)43/h1-14,37H. The Labute approximate surface area is 285 Å². The second-order valence-electron chi connectivity index (χ2n) is 11.1. The van der Waals surface area contributed by atoms with Crippen molar-refractivity contribution in [1.29, 1.82) is 21.0 Å². The lowest BCUT2D eigenvalue weighted by atomic mass is 9.96. The first-order chi connectivity index (χ1) is 24.5. The van der Waals surface area contributed by atoms with Gasteiger partial charge in [0.05, 0.1) is 11.4 Å². The zero-order valence-electron chi connectivity index (χ0n) is 25.5. The predicted molar refractivity (Wildman–Crippen MR) is 172 cm³/mol. The van der Waals surface area contributed by atoms with Crippen molar-refractivity contribution >= 4 is 11.1 Å². The number of fused-ring (bicyclic) bond motifs is 6. The number of ether oxygens (including phenoxy) is 2. The Morgan fingerprint density at radius 2 is 0.980 bits per heavy atom. The van der Waals surface area contributed by atoms with Crippen LogP contribution < -0.4 is 9.47 Å². The summed E-state index contributed by atoms with van der Waals surface area (Å²) in [5.74, 6) is -0.499. The summed E-state index contributed by atoms with van der Waals surface area (Å²) < 4.78 is 73.2. The highest BCUT2D eigenvalue weighted by Crippen LogP contribution is 2.51. The monoisotopic (exact) mass is 682 g/mol. The fourth-order valence-corrected chi connectivity index (χ4v) is 6.19. The first-order valence-corrected chi connectivity index (χ1v) is 14.8. The van der Waals surface area contributed by atoms with Crippen LogP contribution in [0.5, 0.6) is 11.5 Å². The molecule has 8 nitrogen and oxygen atoms in total. The van der Waals surface area contributed by atoms with Gasteiger partial charge in [0.15, 0.2) is 0 Å². The molecule has 51 heavy (non-hydrogen) atoms. The van der Waals surface area contributed by atoms with Crippen molar-refractivity contribution in [3.63, 3.8) is 0 Å². The first kappa shape index (κ1) is 32.2. The lowest BCUT2D eigenvalue weighted by Gasteiger charge is -2.11. The molecule has 4 aromatic carbocycles. The molecule has 0 atom stereocenters. The minimum absolute atomic E-state index is 0.0641. The van der Waals surface area contributed by atoms with Gasteiger partial charge in [-0.25, -0.2) is 9.97 Å². The van der Waals surface area contributed by atoms with Gasteiger partial charge >= 0.3 is 13.0 Å². The average molecular weight is 683 g/mol. The summed E-state index contributed by atoms with van der Waals surface area (Å²) in [5.41, 5.74) is 4.27. The van der Waals surface area contributed by atoms with E-state index in [-0.39, 0.29) is 50.8 Å². The van der Waals surface area contributed by atoms with Crippen molar-refractivity contribution in [2.45, 2.75) is 13.0 Å². The van der Waals surface area contributed by atoms with Gasteiger partial charge in [-0.1, -0.05) is 48.5 Å². The number of hydrogen-bond acceptors (Lipinski definition) is 8. The number of rotatable bonds is 5. The second-order valence-corrected chi connectivity index (χ2v) is 11.1. The van der Waals surface area contributed by atoms with Crippen LogP contribution in [0.4, 0.5) is 22.0 Å². The summed E-state index contributed by atoms with van der Waals surface area (Å²) >= 11 is 0. The van der Waals surface area contributed by atoms with Crippen LogP contribution in [0.1, 0.15) is 22.5 Å². The topological polar surface area (TPSA) is 139 Å². The maximum Gasteiger partial charge on any atom is 0.573 e. The van der Waals surface area contributed by atoms with Gasteiger partial charge in [-0.15, -0.1) is 13.2 Å². The Bertz CT molecular complexity index is 2530. The van der Waals surface area contributed by atoms with Crippen molar-refractivity contribution in [3.05, 3.63) is 119 Å². The van der Waals surface area contributed by atoms with E-state index >= 15 is 0 Å². The molecule has 2 aliphatic carbocycles. The van der Waals surface area contributed by atoms with E-state index in [0.29, 0.717) is 44.5 Å². The van der Waals surface area contributed by atoms with Gasteiger partial charge in [0.25, 0.3) is 0 Å². The maximum absolute atomic E-state index is 12.9. The number of benzene rings is 4. The van der Waals surface area contributed by atoms with E-state index in [1.54, 1.807) is 54.6 Å². The minimum atomic E-state index is -4.90. The van der Waals surface area contributed by atoms with Crippen molar-refractivity contribution < 1.29 is 31.4 Å². The smallest absolute Gasteiger partial charge is 0.435 e. The van der Waals surface area contributed by atoms with E-state index in [1.165, 1.54) is 24.3 Å². The molecule has 0 unspecified atom stereocenters. The molecule has 0 bridgehead atoms. The van der Waals surface area contributed by atoms with E-state index in [2.05, 4.69) is 9.47 Å². The first-order valence-electron chi connectivity index (χ1n) is 14.8. The zero-order valence-corrected chi connectivity index (χ0v) is 25.5. The Morgan fingerprint density at radius 1 is 0.549 bits per heavy atom. The maximum atomic E-state index is 12.9. The number of allylic oxidation sites excluding steroid dienone is 2. The largest absolute Gasteiger partial charge is 0.573 e. The Kier molecular flexibility index (Phi) is 7.75. The third-order valence-electron chi connectivity index (χ3n) is 8.20. The molecule has 0 N–H and O–H groups in total. The van der Waals surface area contributed by atoms with Gasteiger partial charge in [0.2, 0.25) is 0 Å². The van der Waals surface area contributed by atoms with Gasteiger partial charge in [-0.05, 0) is 69.8 Å². The molecule has 5 aromatic rings. The van der Waals surface area contributed by atoms with Crippen LogP contribution in [0.2, 0.25) is 0 Å². The molecule has 7 rings (SSSR count). The molecule has 1 aromatic heterocycles. The number of aromatic nitrogens is 2. The summed E-state index contributed by atoms with van der Waals surface area (Å²) in [7, 11) is 0. The molecule has 244 valence electrons. The van der Waals surface area contributed by atoms with Gasteiger partial charge < -0.3 is 9.47 Å². The Morgan fingerprint density at radius 3 is 1.41 bits per heavy atom. The summed E-state index contributed by atoms with van der Waals surface area (Å²) in [6.07, 6.45) is -4.90. The lowest BCUT2D eigenvalue weighted by molar-refractivity contribution is -0.274. The third kappa shape index (κ3) is 5.65. The quantitative estimate of drug-likeness (QED) is 0.129. The van der Waals surface area contributed by atoms with Crippen LogP contribution in [-0.2, 0) is 0 Å². The van der Waals surface area contributed by atoms with Crippen molar-refractivity contribution in [1.82, 2.24) is 9.97 Å². The van der Waals surface area contributed by atoms with Crippen molar-refractivity contribution in [2.24, 2.45) is 0 Å². The predicted octanol–water partition coefficient (Wildman–Crippen LogP) is 8.97. The molecule has 0 radical (unpaired) electrons. The lowest BCUT2D eigenvalue weighted by Crippen LogP contribution is -2.17. The molecule has 2 aliphatic rings. The fourth-order valence-electron chi connectivity index (χ4n) is 6.19. The molecule has 13 heteroatoms. The van der Waals surface area contributed by atoms with Crippen LogP contribution in [0.3, 0.4) is 0 Å². The van der Waals surface area contributed by atoms with E-state index < -0.39 is 18.7 Å². The van der Waals surface area contributed by atoms with Gasteiger partial charge in [-0.2, -0.15) is 29.8 Å². The van der Waals surface area contributed by atoms with Crippen LogP contribution >= 0.6 is 0 Å². The normalized spacial score (nSPS) is 12.0. The van der Waals surface area contributed by atoms with Gasteiger partial charge in [-0.3, -0.25) is 0 Å². The molecular formula is C38H15F5N6O2. The van der Waals surface area contributed by atoms with Crippen LogP contribution in [-0.4, -0.2) is 22.9 Å². The summed E-state index contributed by atoms with van der Waals surface area (Å²) in [6.45, 7) is -3.03. The molecule has 0 saturated carbocycles. The zero-order chi connectivity index (χ0) is 36.0. The van der Waals surface area contributed by atoms with Crippen molar-refractivity contribution in [2.75, 3.05) is 0 Å². The van der Waals surface area contributed by atoms with Crippen LogP contribution in [0.25, 0.3) is 55.9 Å². The third-order valence-corrected chi connectivity index (χ3v) is 8.20. The van der Waals surface area contributed by atoms with Crippen molar-refractivity contribution in [3.8, 4) is 80.5 Å². The molecule has 1 heterocycles.